The summed E-state index contributed by atoms with van der Waals surface area (Å²) in [5.41, 5.74) is -0.399. The summed E-state index contributed by atoms with van der Waals surface area (Å²) in [6.45, 7) is 8.79. The molecule has 0 amide bonds. The Bertz CT molecular complexity index is 163. The second-order valence-electron chi connectivity index (χ2n) is 5.18. The van der Waals surface area contributed by atoms with Crippen LogP contribution >= 0.6 is 0 Å². The van der Waals surface area contributed by atoms with E-state index in [1.165, 1.54) is 19.3 Å². The van der Waals surface area contributed by atoms with E-state index in [4.69, 9.17) is 0 Å². The minimum atomic E-state index is -0.399. The zero-order valence-corrected chi connectivity index (χ0v) is 9.51. The van der Waals surface area contributed by atoms with Crippen molar-refractivity contribution in [2.45, 2.75) is 59.0 Å². The van der Waals surface area contributed by atoms with Crippen molar-refractivity contribution < 1.29 is 5.11 Å². The molecule has 1 rings (SSSR count). The lowest BCUT2D eigenvalue weighted by Gasteiger charge is -2.41. The van der Waals surface area contributed by atoms with Gasteiger partial charge in [0.25, 0.3) is 0 Å². The third kappa shape index (κ3) is 2.46. The molecule has 0 aromatic rings. The number of rotatable bonds is 2. The molecular formula is C12H24O. The maximum Gasteiger partial charge on any atom is 0.0645 e. The Morgan fingerprint density at radius 3 is 2.62 bits per heavy atom. The van der Waals surface area contributed by atoms with Crippen LogP contribution in [0.4, 0.5) is 0 Å². The Morgan fingerprint density at radius 1 is 1.54 bits per heavy atom. The van der Waals surface area contributed by atoms with Gasteiger partial charge in [0, 0.05) is 0 Å². The molecule has 1 nitrogen and oxygen atoms in total. The molecule has 4 atom stereocenters. The predicted octanol–water partition coefficient (Wildman–Crippen LogP) is 3.22. The topological polar surface area (TPSA) is 20.2 Å². The first kappa shape index (κ1) is 11.0. The van der Waals surface area contributed by atoms with Crippen molar-refractivity contribution in [3.63, 3.8) is 0 Å². The largest absolute Gasteiger partial charge is 0.390 e. The van der Waals surface area contributed by atoms with Crippen LogP contribution in [0.3, 0.4) is 0 Å². The molecule has 0 bridgehead atoms. The standard InChI is InChI=1S/C12H24O/c1-5-9(2)11-6-7-12(4,13)10(3)8-11/h9-11,13H,5-8H2,1-4H3. The van der Waals surface area contributed by atoms with E-state index in [0.29, 0.717) is 5.92 Å². The third-order valence-electron chi connectivity index (χ3n) is 4.19. The van der Waals surface area contributed by atoms with Crippen LogP contribution in [0.15, 0.2) is 0 Å². The first-order chi connectivity index (χ1) is 5.97. The van der Waals surface area contributed by atoms with E-state index in [-0.39, 0.29) is 0 Å². The summed E-state index contributed by atoms with van der Waals surface area (Å²) in [5, 5.41) is 10.0. The van der Waals surface area contributed by atoms with E-state index in [9.17, 15) is 5.11 Å². The third-order valence-corrected chi connectivity index (χ3v) is 4.19. The van der Waals surface area contributed by atoms with E-state index in [2.05, 4.69) is 20.8 Å². The van der Waals surface area contributed by atoms with Crippen LogP contribution in [0.1, 0.15) is 53.4 Å². The Morgan fingerprint density at radius 2 is 2.15 bits per heavy atom. The Hall–Kier alpha value is -0.0400. The SMILES string of the molecule is CCC(C)C1CCC(C)(O)C(C)C1. The summed E-state index contributed by atoms with van der Waals surface area (Å²) < 4.78 is 0. The number of hydrogen-bond donors (Lipinski definition) is 1. The molecule has 1 aliphatic rings. The monoisotopic (exact) mass is 184 g/mol. The molecule has 0 radical (unpaired) electrons. The molecule has 0 spiro atoms. The quantitative estimate of drug-likeness (QED) is 0.698. The van der Waals surface area contributed by atoms with Crippen molar-refractivity contribution in [3.8, 4) is 0 Å². The van der Waals surface area contributed by atoms with Gasteiger partial charge in [0.15, 0.2) is 0 Å². The summed E-state index contributed by atoms with van der Waals surface area (Å²) in [4.78, 5) is 0. The van der Waals surface area contributed by atoms with Gasteiger partial charge in [-0.2, -0.15) is 0 Å². The lowest BCUT2D eigenvalue weighted by molar-refractivity contribution is -0.0461. The molecule has 1 saturated carbocycles. The minimum Gasteiger partial charge on any atom is -0.390 e. The average Bonchev–Trinajstić information content (AvgIpc) is 2.08. The molecule has 0 aromatic carbocycles. The van der Waals surface area contributed by atoms with Gasteiger partial charge in [-0.25, -0.2) is 0 Å². The van der Waals surface area contributed by atoms with E-state index >= 15 is 0 Å². The van der Waals surface area contributed by atoms with Gasteiger partial charge in [-0.3, -0.25) is 0 Å². The molecule has 78 valence electrons. The van der Waals surface area contributed by atoms with Gasteiger partial charge < -0.3 is 5.11 Å². The van der Waals surface area contributed by atoms with Crippen molar-refractivity contribution in [3.05, 3.63) is 0 Å². The average molecular weight is 184 g/mol. The Labute approximate surface area is 82.5 Å². The molecule has 1 aliphatic carbocycles. The molecule has 4 unspecified atom stereocenters. The molecule has 13 heavy (non-hydrogen) atoms. The highest BCUT2D eigenvalue weighted by Gasteiger charge is 2.36. The van der Waals surface area contributed by atoms with Crippen LogP contribution in [0.25, 0.3) is 0 Å². The van der Waals surface area contributed by atoms with E-state index in [1.54, 1.807) is 0 Å². The van der Waals surface area contributed by atoms with Crippen LogP contribution in [0, 0.1) is 17.8 Å². The van der Waals surface area contributed by atoms with Crippen molar-refractivity contribution >= 4 is 0 Å². The van der Waals surface area contributed by atoms with E-state index in [1.807, 2.05) is 6.92 Å². The summed E-state index contributed by atoms with van der Waals surface area (Å²) in [5.74, 6) is 2.15. The molecule has 1 fully saturated rings. The Kier molecular flexibility index (Phi) is 3.39. The molecular weight excluding hydrogens is 160 g/mol. The van der Waals surface area contributed by atoms with Crippen LogP contribution in [-0.2, 0) is 0 Å². The summed E-state index contributed by atoms with van der Waals surface area (Å²) >= 11 is 0. The molecule has 0 heterocycles. The van der Waals surface area contributed by atoms with Gasteiger partial charge in [-0.15, -0.1) is 0 Å². The molecule has 1 N–H and O–H groups in total. The summed E-state index contributed by atoms with van der Waals surface area (Å²) in [6.07, 6.45) is 4.69. The fourth-order valence-corrected chi connectivity index (χ4v) is 2.40. The number of aliphatic hydroxyl groups is 1. The van der Waals surface area contributed by atoms with Crippen molar-refractivity contribution in [1.29, 1.82) is 0 Å². The minimum absolute atomic E-state index is 0.399. The van der Waals surface area contributed by atoms with Crippen molar-refractivity contribution in [2.24, 2.45) is 17.8 Å². The molecule has 0 aliphatic heterocycles. The van der Waals surface area contributed by atoms with Gasteiger partial charge >= 0.3 is 0 Å². The Balaban J connectivity index is 2.51. The first-order valence-corrected chi connectivity index (χ1v) is 5.69. The van der Waals surface area contributed by atoms with Crippen LogP contribution in [0.5, 0.6) is 0 Å². The van der Waals surface area contributed by atoms with Crippen LogP contribution < -0.4 is 0 Å². The van der Waals surface area contributed by atoms with Crippen molar-refractivity contribution in [2.75, 3.05) is 0 Å². The summed E-state index contributed by atoms with van der Waals surface area (Å²) in [6, 6.07) is 0. The first-order valence-electron chi connectivity index (χ1n) is 5.69. The molecule has 1 heteroatoms. The van der Waals surface area contributed by atoms with Gasteiger partial charge in [-0.1, -0.05) is 27.2 Å². The second kappa shape index (κ2) is 4.00. The maximum atomic E-state index is 10.0. The number of hydrogen-bond acceptors (Lipinski definition) is 1. The molecule has 0 saturated heterocycles. The van der Waals surface area contributed by atoms with E-state index in [0.717, 1.165) is 18.3 Å². The van der Waals surface area contributed by atoms with Crippen LogP contribution in [0.2, 0.25) is 0 Å². The lowest BCUT2D eigenvalue weighted by Crippen LogP contribution is -2.39. The fraction of sp³-hybridized carbons (Fsp3) is 1.00. The summed E-state index contributed by atoms with van der Waals surface area (Å²) in [7, 11) is 0. The highest BCUT2D eigenvalue weighted by molar-refractivity contribution is 4.88. The molecule has 0 aromatic heterocycles. The van der Waals surface area contributed by atoms with Gasteiger partial charge in [0.05, 0.1) is 5.60 Å². The highest BCUT2D eigenvalue weighted by Crippen LogP contribution is 2.40. The van der Waals surface area contributed by atoms with Gasteiger partial charge in [-0.05, 0) is 43.9 Å². The van der Waals surface area contributed by atoms with Crippen molar-refractivity contribution in [1.82, 2.24) is 0 Å². The van der Waals surface area contributed by atoms with Gasteiger partial charge in [0.1, 0.15) is 0 Å². The normalized spacial score (nSPS) is 43.2. The lowest BCUT2D eigenvalue weighted by atomic mass is 9.69. The fourth-order valence-electron chi connectivity index (χ4n) is 2.40. The van der Waals surface area contributed by atoms with Gasteiger partial charge in [0.2, 0.25) is 0 Å². The van der Waals surface area contributed by atoms with E-state index < -0.39 is 5.60 Å². The highest BCUT2D eigenvalue weighted by atomic mass is 16.3. The maximum absolute atomic E-state index is 10.0. The zero-order valence-electron chi connectivity index (χ0n) is 9.51. The predicted molar refractivity (Wildman–Crippen MR) is 56.6 cm³/mol. The second-order valence-corrected chi connectivity index (χ2v) is 5.18. The smallest absolute Gasteiger partial charge is 0.0645 e. The zero-order chi connectivity index (χ0) is 10.1. The van der Waals surface area contributed by atoms with Crippen LogP contribution in [-0.4, -0.2) is 10.7 Å².